The number of halogens is 1. The number of imidazole rings is 1. The Morgan fingerprint density at radius 1 is 1.29 bits per heavy atom. The summed E-state index contributed by atoms with van der Waals surface area (Å²) in [7, 11) is -1.93. The molecule has 4 rings (SSSR count). The smallest absolute Gasteiger partial charge is 0.334 e. The van der Waals surface area contributed by atoms with Crippen molar-refractivity contribution in [1.82, 2.24) is 14.1 Å². The Morgan fingerprint density at radius 2 is 2.06 bits per heavy atom. The van der Waals surface area contributed by atoms with Crippen molar-refractivity contribution in [3.63, 3.8) is 0 Å². The predicted octanol–water partition coefficient (Wildman–Crippen LogP) is 5.41. The molecule has 0 N–H and O–H groups in total. The molecule has 0 aromatic carbocycles. The Labute approximate surface area is 193 Å². The molecule has 6 nitrogen and oxygen atoms in total. The maximum Gasteiger partial charge on any atom is 0.334 e. The number of allylic oxidation sites excluding steroid dienone is 2. The van der Waals surface area contributed by atoms with Crippen LogP contribution in [0.2, 0.25) is 18.1 Å². The van der Waals surface area contributed by atoms with E-state index in [0.29, 0.717) is 19.8 Å². The second kappa shape index (κ2) is 8.61. The summed E-state index contributed by atoms with van der Waals surface area (Å²) < 4.78 is 17.1. The molecule has 2 aliphatic rings. The number of aromatic nitrogens is 3. The van der Waals surface area contributed by atoms with Gasteiger partial charge < -0.3 is 9.16 Å². The Balaban J connectivity index is 1.70. The van der Waals surface area contributed by atoms with Crippen molar-refractivity contribution in [2.45, 2.75) is 77.2 Å². The number of nitrogens with zero attached hydrogens (tertiary/aromatic N) is 3. The van der Waals surface area contributed by atoms with E-state index >= 15 is 0 Å². The van der Waals surface area contributed by atoms with Gasteiger partial charge in [0.2, 0.25) is 0 Å². The maximum atomic E-state index is 13.6. The van der Waals surface area contributed by atoms with Crippen LogP contribution in [0.5, 0.6) is 0 Å². The van der Waals surface area contributed by atoms with Gasteiger partial charge in [-0.25, -0.2) is 14.3 Å². The highest BCUT2D eigenvalue weighted by atomic mass is 79.9. The SMILES string of the molecule is CC(C)(C)[Si](C)(C)OC1COCC1Cn1c(=O)n(C2=CCCCC2)c2ncc(Br)cc21. The molecule has 2 unspecified atom stereocenters. The summed E-state index contributed by atoms with van der Waals surface area (Å²) in [5.74, 6) is 0.144. The first-order chi connectivity index (χ1) is 14.6. The minimum atomic E-state index is -1.93. The minimum Gasteiger partial charge on any atom is -0.411 e. The van der Waals surface area contributed by atoms with Crippen LogP contribution in [0.25, 0.3) is 16.9 Å². The normalized spacial score (nSPS) is 22.8. The lowest BCUT2D eigenvalue weighted by Crippen LogP contribution is -2.46. The molecule has 2 aromatic heterocycles. The molecule has 2 aromatic rings. The average molecular weight is 509 g/mol. The molecule has 0 spiro atoms. The monoisotopic (exact) mass is 507 g/mol. The van der Waals surface area contributed by atoms with E-state index in [1.165, 1.54) is 6.42 Å². The van der Waals surface area contributed by atoms with Crippen LogP contribution in [-0.2, 0) is 15.7 Å². The van der Waals surface area contributed by atoms with E-state index in [4.69, 9.17) is 9.16 Å². The molecule has 0 saturated carbocycles. The Morgan fingerprint density at radius 3 is 2.74 bits per heavy atom. The third-order valence-electron chi connectivity index (χ3n) is 7.10. The number of hydrogen-bond donors (Lipinski definition) is 0. The van der Waals surface area contributed by atoms with Crippen LogP contribution < -0.4 is 5.69 Å². The van der Waals surface area contributed by atoms with Gasteiger partial charge in [0.15, 0.2) is 14.0 Å². The van der Waals surface area contributed by atoms with Crippen molar-refractivity contribution < 1.29 is 9.16 Å². The Hall–Kier alpha value is -1.22. The molecule has 1 aliphatic heterocycles. The third-order valence-corrected chi connectivity index (χ3v) is 12.0. The fourth-order valence-corrected chi connectivity index (χ4v) is 5.93. The number of hydrogen-bond acceptors (Lipinski definition) is 4. The van der Waals surface area contributed by atoms with Gasteiger partial charge >= 0.3 is 5.69 Å². The zero-order valence-corrected chi connectivity index (χ0v) is 21.9. The lowest BCUT2D eigenvalue weighted by molar-refractivity contribution is 0.122. The van der Waals surface area contributed by atoms with Crippen molar-refractivity contribution in [1.29, 1.82) is 0 Å². The molecule has 0 amide bonds. The lowest BCUT2D eigenvalue weighted by Gasteiger charge is -2.39. The van der Waals surface area contributed by atoms with Crippen LogP contribution in [0.4, 0.5) is 0 Å². The summed E-state index contributed by atoms with van der Waals surface area (Å²) in [6.07, 6.45) is 8.21. The molecule has 0 radical (unpaired) electrons. The third kappa shape index (κ3) is 4.49. The van der Waals surface area contributed by atoms with E-state index in [2.05, 4.69) is 60.9 Å². The standard InChI is InChI=1S/C23H34BrN3O3Si/c1-23(2,3)31(4,5)30-20-15-29-14-16(20)13-26-19-11-17(24)12-25-21(19)27(22(26)28)18-9-7-6-8-10-18/h9,11-12,16,20H,6-8,10,13-15H2,1-5H3. The molecule has 1 aliphatic carbocycles. The highest BCUT2D eigenvalue weighted by Crippen LogP contribution is 2.39. The van der Waals surface area contributed by atoms with Gasteiger partial charge in [0, 0.05) is 28.8 Å². The van der Waals surface area contributed by atoms with Crippen LogP contribution in [0.1, 0.15) is 46.5 Å². The van der Waals surface area contributed by atoms with Gasteiger partial charge in [-0.1, -0.05) is 26.8 Å². The largest absolute Gasteiger partial charge is 0.411 e. The lowest BCUT2D eigenvalue weighted by atomic mass is 10.0. The fourth-order valence-electron chi connectivity index (χ4n) is 4.24. The summed E-state index contributed by atoms with van der Waals surface area (Å²) in [5, 5.41) is 0.134. The number of rotatable bonds is 5. The van der Waals surface area contributed by atoms with Crippen LogP contribution in [0.15, 0.2) is 27.6 Å². The van der Waals surface area contributed by atoms with Gasteiger partial charge in [-0.05, 0) is 65.8 Å². The van der Waals surface area contributed by atoms with Crippen molar-refractivity contribution in [3.05, 3.63) is 33.3 Å². The molecule has 170 valence electrons. The topological polar surface area (TPSA) is 58.3 Å². The van der Waals surface area contributed by atoms with E-state index in [1.807, 2.05) is 15.2 Å². The fraction of sp³-hybridized carbons (Fsp3) is 0.652. The maximum absolute atomic E-state index is 13.6. The van der Waals surface area contributed by atoms with E-state index in [1.54, 1.807) is 6.20 Å². The van der Waals surface area contributed by atoms with Crippen LogP contribution in [0.3, 0.4) is 0 Å². The summed E-state index contributed by atoms with van der Waals surface area (Å²) in [4.78, 5) is 18.2. The highest BCUT2D eigenvalue weighted by Gasteiger charge is 2.42. The number of fused-ring (bicyclic) bond motifs is 1. The molecule has 0 bridgehead atoms. The van der Waals surface area contributed by atoms with E-state index < -0.39 is 8.32 Å². The highest BCUT2D eigenvalue weighted by molar-refractivity contribution is 9.10. The molecule has 31 heavy (non-hydrogen) atoms. The van der Waals surface area contributed by atoms with Gasteiger partial charge in [0.1, 0.15) is 0 Å². The van der Waals surface area contributed by atoms with Crippen molar-refractivity contribution >= 4 is 41.1 Å². The minimum absolute atomic E-state index is 0.00766. The van der Waals surface area contributed by atoms with Gasteiger partial charge in [-0.15, -0.1) is 0 Å². The van der Waals surface area contributed by atoms with Crippen molar-refractivity contribution in [2.24, 2.45) is 5.92 Å². The quantitative estimate of drug-likeness (QED) is 0.507. The summed E-state index contributed by atoms with van der Waals surface area (Å²) in [6.45, 7) is 13.1. The molecule has 1 saturated heterocycles. The second-order valence-electron chi connectivity index (χ2n) is 10.4. The summed E-state index contributed by atoms with van der Waals surface area (Å²) in [5.41, 5.74) is 2.67. The van der Waals surface area contributed by atoms with Crippen molar-refractivity contribution in [2.75, 3.05) is 13.2 Å². The first-order valence-electron chi connectivity index (χ1n) is 11.3. The average Bonchev–Trinajstić information content (AvgIpc) is 3.24. The summed E-state index contributed by atoms with van der Waals surface area (Å²) >= 11 is 3.54. The van der Waals surface area contributed by atoms with E-state index in [9.17, 15) is 4.79 Å². The van der Waals surface area contributed by atoms with Crippen LogP contribution in [0, 0.1) is 5.92 Å². The molecule has 1 fully saturated rings. The van der Waals surface area contributed by atoms with Gasteiger partial charge in [0.05, 0.1) is 24.8 Å². The van der Waals surface area contributed by atoms with Crippen LogP contribution >= 0.6 is 15.9 Å². The first-order valence-corrected chi connectivity index (χ1v) is 15.0. The molecule has 8 heteroatoms. The Bertz CT molecular complexity index is 1050. The van der Waals surface area contributed by atoms with E-state index in [-0.39, 0.29) is 22.7 Å². The van der Waals surface area contributed by atoms with Gasteiger partial charge in [-0.2, -0.15) is 0 Å². The number of ether oxygens (including phenoxy) is 1. The second-order valence-corrected chi connectivity index (χ2v) is 16.1. The first kappa shape index (κ1) is 23.0. The molecular formula is C23H34BrN3O3Si. The van der Waals surface area contributed by atoms with Gasteiger partial charge in [0.25, 0.3) is 0 Å². The van der Waals surface area contributed by atoms with Crippen molar-refractivity contribution in [3.8, 4) is 0 Å². The zero-order chi connectivity index (χ0) is 22.4. The van der Waals surface area contributed by atoms with Gasteiger partial charge in [-0.3, -0.25) is 4.57 Å². The molecule has 3 heterocycles. The van der Waals surface area contributed by atoms with E-state index in [0.717, 1.165) is 40.6 Å². The molecular weight excluding hydrogens is 474 g/mol. The summed E-state index contributed by atoms with van der Waals surface area (Å²) in [6, 6.07) is 2.00. The Kier molecular flexibility index (Phi) is 6.38. The predicted molar refractivity (Wildman–Crippen MR) is 131 cm³/mol. The van der Waals surface area contributed by atoms with Crippen LogP contribution in [-0.4, -0.2) is 41.8 Å². The zero-order valence-electron chi connectivity index (χ0n) is 19.3. The number of pyridine rings is 1. The molecule has 2 atom stereocenters.